The lowest BCUT2D eigenvalue weighted by Crippen LogP contribution is -2.34. The molecule has 0 aliphatic carbocycles. The van der Waals surface area contributed by atoms with Gasteiger partial charge >= 0.3 is 5.97 Å². The summed E-state index contributed by atoms with van der Waals surface area (Å²) < 4.78 is 23.4. The first-order valence-corrected chi connectivity index (χ1v) is 9.30. The molecule has 2 heterocycles. The van der Waals surface area contributed by atoms with Crippen LogP contribution in [-0.4, -0.2) is 59.1 Å². The molecule has 1 N–H and O–H groups in total. The first-order chi connectivity index (χ1) is 11.3. The van der Waals surface area contributed by atoms with Crippen LogP contribution in [0.15, 0.2) is 24.3 Å². The topological polar surface area (TPSA) is 105 Å². The molecule has 0 saturated carbocycles. The molecule has 24 heavy (non-hydrogen) atoms. The van der Waals surface area contributed by atoms with E-state index < -0.39 is 15.8 Å². The van der Waals surface area contributed by atoms with Gasteiger partial charge in [0.15, 0.2) is 15.7 Å². The van der Waals surface area contributed by atoms with Crippen LogP contribution < -0.4 is 4.90 Å². The Kier molecular flexibility index (Phi) is 4.04. The summed E-state index contributed by atoms with van der Waals surface area (Å²) >= 11 is 0. The van der Waals surface area contributed by atoms with E-state index in [0.29, 0.717) is 12.1 Å². The van der Waals surface area contributed by atoms with Gasteiger partial charge in [-0.15, -0.1) is 15.0 Å². The van der Waals surface area contributed by atoms with Gasteiger partial charge in [-0.05, 0) is 31.0 Å². The number of hydrogen-bond donors (Lipinski definition) is 1. The Bertz CT molecular complexity index is 891. The van der Waals surface area contributed by atoms with Gasteiger partial charge in [0, 0.05) is 13.1 Å². The van der Waals surface area contributed by atoms with E-state index in [4.69, 9.17) is 0 Å². The Morgan fingerprint density at radius 3 is 2.71 bits per heavy atom. The van der Waals surface area contributed by atoms with E-state index in [1.807, 2.05) is 25.1 Å². The standard InChI is InChI=1S/C15H18N4O4S/c1-10-4-3-5-11(8-10)19-16-13(15(20)21)14(17-19)18(2)12-6-7-24(22,23)9-12/h3-5,8,12H,6-7,9H2,1-2H3,(H,20,21). The van der Waals surface area contributed by atoms with Crippen LogP contribution in [0.3, 0.4) is 0 Å². The highest BCUT2D eigenvalue weighted by atomic mass is 32.2. The summed E-state index contributed by atoms with van der Waals surface area (Å²) in [4.78, 5) is 14.4. The largest absolute Gasteiger partial charge is 0.476 e. The summed E-state index contributed by atoms with van der Waals surface area (Å²) in [5, 5.41) is 17.8. The number of aryl methyl sites for hydroxylation is 1. The number of hydrogen-bond acceptors (Lipinski definition) is 6. The number of nitrogens with zero attached hydrogens (tertiary/aromatic N) is 4. The minimum atomic E-state index is -3.08. The maximum Gasteiger partial charge on any atom is 0.360 e. The second-order valence-electron chi connectivity index (χ2n) is 5.97. The van der Waals surface area contributed by atoms with E-state index in [1.165, 1.54) is 4.80 Å². The summed E-state index contributed by atoms with van der Waals surface area (Å²) in [5.41, 5.74) is 1.46. The molecular formula is C15H18N4O4S. The zero-order chi connectivity index (χ0) is 17.5. The Hall–Kier alpha value is -2.42. The van der Waals surface area contributed by atoms with Crippen molar-refractivity contribution >= 4 is 21.6 Å². The van der Waals surface area contributed by atoms with Crippen molar-refractivity contribution in [3.05, 3.63) is 35.5 Å². The quantitative estimate of drug-likeness (QED) is 0.873. The Morgan fingerprint density at radius 1 is 1.38 bits per heavy atom. The zero-order valence-electron chi connectivity index (χ0n) is 13.4. The Morgan fingerprint density at radius 2 is 2.12 bits per heavy atom. The van der Waals surface area contributed by atoms with Crippen molar-refractivity contribution in [3.63, 3.8) is 0 Å². The second kappa shape index (κ2) is 5.90. The predicted octanol–water partition coefficient (Wildman–Crippen LogP) is 0.897. The van der Waals surface area contributed by atoms with Crippen LogP contribution >= 0.6 is 0 Å². The molecule has 0 bridgehead atoms. The van der Waals surface area contributed by atoms with Crippen LogP contribution in [0.4, 0.5) is 5.82 Å². The van der Waals surface area contributed by atoms with Crippen molar-refractivity contribution in [1.82, 2.24) is 15.0 Å². The summed E-state index contributed by atoms with van der Waals surface area (Å²) in [5.74, 6) is -0.918. The van der Waals surface area contributed by atoms with Crippen LogP contribution in [0.1, 0.15) is 22.5 Å². The van der Waals surface area contributed by atoms with Gasteiger partial charge in [-0.25, -0.2) is 13.2 Å². The molecule has 8 nitrogen and oxygen atoms in total. The zero-order valence-corrected chi connectivity index (χ0v) is 14.2. The number of rotatable bonds is 4. The maximum absolute atomic E-state index is 11.7. The third kappa shape index (κ3) is 3.12. The summed E-state index contributed by atoms with van der Waals surface area (Å²) in [6.07, 6.45) is 0.454. The molecule has 3 rings (SSSR count). The number of sulfone groups is 1. The van der Waals surface area contributed by atoms with Gasteiger partial charge in [0.25, 0.3) is 0 Å². The molecule has 2 aromatic rings. The van der Waals surface area contributed by atoms with Gasteiger partial charge in [-0.2, -0.15) is 0 Å². The van der Waals surface area contributed by atoms with E-state index >= 15 is 0 Å². The van der Waals surface area contributed by atoms with Crippen molar-refractivity contribution in [3.8, 4) is 5.69 Å². The second-order valence-corrected chi connectivity index (χ2v) is 8.20. The third-order valence-electron chi connectivity index (χ3n) is 4.12. The highest BCUT2D eigenvalue weighted by Crippen LogP contribution is 2.24. The van der Waals surface area contributed by atoms with Gasteiger partial charge in [-0.1, -0.05) is 12.1 Å². The molecule has 1 aromatic carbocycles. The summed E-state index contributed by atoms with van der Waals surface area (Å²) in [6, 6.07) is 7.08. The molecule has 0 radical (unpaired) electrons. The van der Waals surface area contributed by atoms with Crippen molar-refractivity contribution < 1.29 is 18.3 Å². The molecule has 1 aliphatic heterocycles. The van der Waals surface area contributed by atoms with E-state index in [0.717, 1.165) is 5.56 Å². The average molecular weight is 350 g/mol. The lowest BCUT2D eigenvalue weighted by Gasteiger charge is -2.22. The lowest BCUT2D eigenvalue weighted by molar-refractivity contribution is 0.0690. The van der Waals surface area contributed by atoms with E-state index in [-0.39, 0.29) is 29.1 Å². The van der Waals surface area contributed by atoms with Crippen LogP contribution in [0.5, 0.6) is 0 Å². The number of carboxylic acids is 1. The minimum Gasteiger partial charge on any atom is -0.476 e. The smallest absolute Gasteiger partial charge is 0.360 e. The van der Waals surface area contributed by atoms with Gasteiger partial charge in [0.2, 0.25) is 5.69 Å². The monoisotopic (exact) mass is 350 g/mol. The van der Waals surface area contributed by atoms with Crippen LogP contribution in [-0.2, 0) is 9.84 Å². The van der Waals surface area contributed by atoms with Crippen LogP contribution in [0, 0.1) is 6.92 Å². The molecule has 1 aromatic heterocycles. The minimum absolute atomic E-state index is 0.000135. The molecule has 0 spiro atoms. The Balaban J connectivity index is 1.99. The molecule has 128 valence electrons. The van der Waals surface area contributed by atoms with E-state index in [1.54, 1.807) is 18.0 Å². The summed E-state index contributed by atoms with van der Waals surface area (Å²) in [6.45, 7) is 1.92. The van der Waals surface area contributed by atoms with Gasteiger partial charge in [0.05, 0.1) is 17.2 Å². The van der Waals surface area contributed by atoms with Crippen LogP contribution in [0.2, 0.25) is 0 Å². The van der Waals surface area contributed by atoms with Gasteiger partial charge in [-0.3, -0.25) is 0 Å². The molecule has 1 saturated heterocycles. The number of carbonyl (C=O) groups is 1. The van der Waals surface area contributed by atoms with Crippen LogP contribution in [0.25, 0.3) is 5.69 Å². The summed E-state index contributed by atoms with van der Waals surface area (Å²) in [7, 11) is -1.42. The molecule has 1 unspecified atom stereocenters. The number of anilines is 1. The van der Waals surface area contributed by atoms with Gasteiger partial charge < -0.3 is 10.0 Å². The third-order valence-corrected chi connectivity index (χ3v) is 5.87. The molecule has 1 atom stereocenters. The molecular weight excluding hydrogens is 332 g/mol. The fraction of sp³-hybridized carbons (Fsp3) is 0.400. The number of benzene rings is 1. The normalized spacial score (nSPS) is 19.3. The Labute approximate surface area is 139 Å². The van der Waals surface area contributed by atoms with Crippen molar-refractivity contribution in [1.29, 1.82) is 0 Å². The predicted molar refractivity (Wildman–Crippen MR) is 88.5 cm³/mol. The van der Waals surface area contributed by atoms with Gasteiger partial charge in [0.1, 0.15) is 0 Å². The lowest BCUT2D eigenvalue weighted by atomic mass is 10.2. The van der Waals surface area contributed by atoms with E-state index in [9.17, 15) is 18.3 Å². The molecule has 0 amide bonds. The average Bonchev–Trinajstić information content (AvgIpc) is 3.10. The highest BCUT2D eigenvalue weighted by molar-refractivity contribution is 7.91. The van der Waals surface area contributed by atoms with Crippen molar-refractivity contribution in [2.75, 3.05) is 23.5 Å². The number of aromatic nitrogens is 3. The molecule has 1 aliphatic rings. The number of aromatic carboxylic acids is 1. The maximum atomic E-state index is 11.7. The fourth-order valence-electron chi connectivity index (χ4n) is 2.80. The number of carboxylic acid groups (broad SMARTS) is 1. The SMILES string of the molecule is Cc1cccc(-n2nc(C(=O)O)c(N(C)C3CCS(=O)(=O)C3)n2)c1. The molecule has 1 fully saturated rings. The molecule has 9 heteroatoms. The first kappa shape index (κ1) is 16.4. The van der Waals surface area contributed by atoms with Crippen molar-refractivity contribution in [2.24, 2.45) is 0 Å². The van der Waals surface area contributed by atoms with E-state index in [2.05, 4.69) is 10.2 Å². The fourth-order valence-corrected chi connectivity index (χ4v) is 4.57. The highest BCUT2D eigenvalue weighted by Gasteiger charge is 2.34. The first-order valence-electron chi connectivity index (χ1n) is 7.48. The van der Waals surface area contributed by atoms with Crippen molar-refractivity contribution in [2.45, 2.75) is 19.4 Å².